The number of carboxylic acids is 1. The molecule has 1 saturated carbocycles. The monoisotopic (exact) mass is 701 g/mol. The fraction of sp³-hybridized carbons (Fsp3) is 0.703. The summed E-state index contributed by atoms with van der Waals surface area (Å²) in [5.74, 6) is -3.31. The first-order valence-corrected chi connectivity index (χ1v) is 17.8. The minimum atomic E-state index is -1.16. The highest BCUT2D eigenvalue weighted by atomic mass is 16.5. The molecule has 13 heteroatoms. The van der Waals surface area contributed by atoms with Crippen molar-refractivity contribution in [1.82, 2.24) is 20.4 Å². The number of carboxylic acid groups (broad SMARTS) is 1. The molecule has 0 aromatic heterocycles. The molecular formula is C37H59N5O8. The molecule has 1 saturated heterocycles. The number of likely N-dealkylation sites (tertiary alicyclic amines) is 1. The SMILES string of the molecule is CO[C@H]([C@@H](C)C(=O)N[C@@H](Cc1ccccc1)C(=O)O)[C@@H]1CCCN1C(=O)C[C@@H](OC)[C@H](C1CCC1)N(C)C(=O)[C@@H](NC(=O)C(C)(C)N)C(C)C. The van der Waals surface area contributed by atoms with Crippen molar-refractivity contribution in [3.8, 4) is 0 Å². The molecule has 5 N–H and O–H groups in total. The number of hydrogen-bond donors (Lipinski definition) is 4. The van der Waals surface area contributed by atoms with Gasteiger partial charge in [-0.3, -0.25) is 19.2 Å². The standard InChI is InChI=1S/C37H59N5O8/c1-22(2)30(40-36(48)37(4,5)38)34(45)41(6)31(25-16-12-17-25)28(49-7)21-29(43)42-19-13-18-27(42)32(50-8)23(3)33(44)39-26(35(46)47)20-24-14-10-9-11-15-24/h9-11,14-15,22-23,25-28,30-32H,12-13,16-21,38H2,1-8H3,(H,39,44)(H,40,48)(H,46,47)/t23-,26+,27+,28-,30+,31+,32-/m1/s1. The van der Waals surface area contributed by atoms with Gasteiger partial charge in [0.2, 0.25) is 23.6 Å². The van der Waals surface area contributed by atoms with E-state index in [2.05, 4.69) is 10.6 Å². The summed E-state index contributed by atoms with van der Waals surface area (Å²) in [4.78, 5) is 69.7. The van der Waals surface area contributed by atoms with Crippen LogP contribution in [0.4, 0.5) is 0 Å². The van der Waals surface area contributed by atoms with Crippen LogP contribution < -0.4 is 16.4 Å². The number of nitrogens with zero attached hydrogens (tertiary/aromatic N) is 2. The Balaban J connectivity index is 1.76. The number of hydrogen-bond acceptors (Lipinski definition) is 8. The molecule has 280 valence electrons. The smallest absolute Gasteiger partial charge is 0.326 e. The van der Waals surface area contributed by atoms with Crippen LogP contribution in [0.15, 0.2) is 30.3 Å². The molecule has 13 nitrogen and oxygen atoms in total. The van der Waals surface area contributed by atoms with Crippen molar-refractivity contribution in [3.05, 3.63) is 35.9 Å². The summed E-state index contributed by atoms with van der Waals surface area (Å²) in [6.07, 6.45) is 2.96. The molecule has 1 heterocycles. The van der Waals surface area contributed by atoms with Crippen LogP contribution in [0.1, 0.15) is 78.7 Å². The summed E-state index contributed by atoms with van der Waals surface area (Å²) >= 11 is 0. The average Bonchev–Trinajstić information content (AvgIpc) is 3.53. The van der Waals surface area contributed by atoms with Gasteiger partial charge in [0.1, 0.15) is 12.1 Å². The zero-order valence-electron chi connectivity index (χ0n) is 31.0. The number of rotatable bonds is 18. The number of ether oxygens (including phenoxy) is 2. The van der Waals surface area contributed by atoms with E-state index in [9.17, 15) is 29.1 Å². The molecule has 0 spiro atoms. The van der Waals surface area contributed by atoms with Crippen molar-refractivity contribution in [2.75, 3.05) is 27.8 Å². The second-order valence-electron chi connectivity index (χ2n) is 14.9. The zero-order chi connectivity index (χ0) is 37.3. The molecule has 0 unspecified atom stereocenters. The van der Waals surface area contributed by atoms with Crippen LogP contribution >= 0.6 is 0 Å². The number of likely N-dealkylation sites (N-methyl/N-ethyl adjacent to an activating group) is 1. The Morgan fingerprint density at radius 3 is 2.14 bits per heavy atom. The number of aliphatic carboxylic acids is 1. The average molecular weight is 702 g/mol. The van der Waals surface area contributed by atoms with Crippen molar-refractivity contribution in [2.24, 2.45) is 23.5 Å². The number of benzene rings is 1. The summed E-state index contributed by atoms with van der Waals surface area (Å²) in [5.41, 5.74) is 5.64. The van der Waals surface area contributed by atoms with E-state index in [0.29, 0.717) is 19.4 Å². The first kappa shape index (κ1) is 40.9. The number of nitrogens with two attached hydrogens (primary N) is 1. The minimum Gasteiger partial charge on any atom is -0.480 e. The summed E-state index contributed by atoms with van der Waals surface area (Å²) < 4.78 is 11.8. The summed E-state index contributed by atoms with van der Waals surface area (Å²) in [6.45, 7) is 9.06. The van der Waals surface area contributed by atoms with Crippen LogP contribution in [0.25, 0.3) is 0 Å². The summed E-state index contributed by atoms with van der Waals surface area (Å²) in [5, 5.41) is 15.4. The predicted molar refractivity (Wildman–Crippen MR) is 189 cm³/mol. The third-order valence-corrected chi connectivity index (χ3v) is 10.4. The van der Waals surface area contributed by atoms with Crippen LogP contribution in [0.3, 0.4) is 0 Å². The Morgan fingerprint density at radius 1 is 1.00 bits per heavy atom. The van der Waals surface area contributed by atoms with Gasteiger partial charge in [-0.05, 0) is 56.9 Å². The van der Waals surface area contributed by atoms with Gasteiger partial charge in [0.25, 0.3) is 0 Å². The molecule has 0 bridgehead atoms. The van der Waals surface area contributed by atoms with E-state index >= 15 is 0 Å². The lowest BCUT2D eigenvalue weighted by atomic mass is 9.76. The molecule has 1 aromatic rings. The molecule has 2 aliphatic rings. The molecule has 2 fully saturated rings. The molecular weight excluding hydrogens is 642 g/mol. The molecule has 3 rings (SSSR count). The Labute approximate surface area is 297 Å². The van der Waals surface area contributed by atoms with Crippen LogP contribution in [0, 0.1) is 17.8 Å². The summed E-state index contributed by atoms with van der Waals surface area (Å²) in [6, 6.07) is 6.34. The topological polar surface area (TPSA) is 181 Å². The summed E-state index contributed by atoms with van der Waals surface area (Å²) in [7, 11) is 4.74. The van der Waals surface area contributed by atoms with E-state index in [1.807, 2.05) is 44.2 Å². The van der Waals surface area contributed by atoms with Gasteiger partial charge >= 0.3 is 5.97 Å². The predicted octanol–water partition coefficient (Wildman–Crippen LogP) is 2.35. The quantitative estimate of drug-likeness (QED) is 0.179. The van der Waals surface area contributed by atoms with Gasteiger partial charge in [-0.2, -0.15) is 0 Å². The minimum absolute atomic E-state index is 0.00942. The molecule has 1 aromatic carbocycles. The number of methoxy groups -OCH3 is 2. The van der Waals surface area contributed by atoms with Crippen LogP contribution in [-0.4, -0.2) is 114 Å². The van der Waals surface area contributed by atoms with Gasteiger partial charge in [0.15, 0.2) is 0 Å². The van der Waals surface area contributed by atoms with E-state index in [4.69, 9.17) is 15.2 Å². The number of amides is 4. The first-order valence-electron chi connectivity index (χ1n) is 17.8. The second kappa shape index (κ2) is 18.1. The largest absolute Gasteiger partial charge is 0.480 e. The lowest BCUT2D eigenvalue weighted by molar-refractivity contribution is -0.149. The van der Waals surface area contributed by atoms with E-state index in [1.54, 1.807) is 44.7 Å². The Morgan fingerprint density at radius 2 is 1.64 bits per heavy atom. The van der Waals surface area contributed by atoms with Crippen molar-refractivity contribution < 1.29 is 38.6 Å². The Bertz CT molecular complexity index is 1310. The molecule has 0 radical (unpaired) electrons. The third-order valence-electron chi connectivity index (χ3n) is 10.4. The fourth-order valence-electron chi connectivity index (χ4n) is 7.13. The number of nitrogens with one attached hydrogen (secondary N) is 2. The van der Waals surface area contributed by atoms with E-state index in [1.165, 1.54) is 7.11 Å². The van der Waals surface area contributed by atoms with Crippen molar-refractivity contribution in [2.45, 2.75) is 121 Å². The fourth-order valence-corrected chi connectivity index (χ4v) is 7.13. The van der Waals surface area contributed by atoms with E-state index in [-0.39, 0.29) is 36.5 Å². The van der Waals surface area contributed by atoms with Crippen LogP contribution in [0.5, 0.6) is 0 Å². The molecule has 50 heavy (non-hydrogen) atoms. The lowest BCUT2D eigenvalue weighted by Gasteiger charge is -2.45. The molecule has 7 atom stereocenters. The highest BCUT2D eigenvalue weighted by molar-refractivity contribution is 5.92. The maximum Gasteiger partial charge on any atom is 0.326 e. The molecule has 1 aliphatic heterocycles. The van der Waals surface area contributed by atoms with E-state index < -0.39 is 65.6 Å². The van der Waals surface area contributed by atoms with Gasteiger partial charge in [-0.25, -0.2) is 4.79 Å². The highest BCUT2D eigenvalue weighted by Gasteiger charge is 2.45. The van der Waals surface area contributed by atoms with Crippen molar-refractivity contribution in [1.29, 1.82) is 0 Å². The second-order valence-corrected chi connectivity index (χ2v) is 14.9. The Hall–Kier alpha value is -3.55. The first-order chi connectivity index (χ1) is 23.5. The zero-order valence-corrected chi connectivity index (χ0v) is 31.0. The Kier molecular flexibility index (Phi) is 14.8. The van der Waals surface area contributed by atoms with Crippen LogP contribution in [-0.2, 0) is 39.9 Å². The van der Waals surface area contributed by atoms with Crippen LogP contribution in [0.2, 0.25) is 0 Å². The third kappa shape index (κ3) is 10.3. The van der Waals surface area contributed by atoms with Gasteiger partial charge in [-0.15, -0.1) is 0 Å². The van der Waals surface area contributed by atoms with Crippen molar-refractivity contribution in [3.63, 3.8) is 0 Å². The molecule has 4 amide bonds. The van der Waals surface area contributed by atoms with Crippen molar-refractivity contribution >= 4 is 29.6 Å². The highest BCUT2D eigenvalue weighted by Crippen LogP contribution is 2.36. The maximum atomic E-state index is 14.1. The lowest BCUT2D eigenvalue weighted by Crippen LogP contribution is -2.61. The molecule has 1 aliphatic carbocycles. The van der Waals surface area contributed by atoms with E-state index in [0.717, 1.165) is 24.8 Å². The number of carbonyl (C=O) groups excluding carboxylic acids is 4. The van der Waals surface area contributed by atoms with Gasteiger partial charge in [0.05, 0.1) is 42.2 Å². The number of carbonyl (C=O) groups is 5. The maximum absolute atomic E-state index is 14.1. The van der Waals surface area contributed by atoms with Gasteiger partial charge in [0, 0.05) is 34.2 Å². The van der Waals surface area contributed by atoms with Gasteiger partial charge < -0.3 is 40.7 Å². The van der Waals surface area contributed by atoms with Gasteiger partial charge in [-0.1, -0.05) is 57.5 Å². The normalized spacial score (nSPS) is 20.2.